The third-order valence-electron chi connectivity index (χ3n) is 2.97. The fourth-order valence-corrected chi connectivity index (χ4v) is 1.78. The molecule has 1 aromatic rings. The summed E-state index contributed by atoms with van der Waals surface area (Å²) in [5.41, 5.74) is 1.33. The smallest absolute Gasteiger partial charge is 0.0300 e. The first-order chi connectivity index (χ1) is 6.95. The van der Waals surface area contributed by atoms with Crippen molar-refractivity contribution in [3.05, 3.63) is 30.1 Å². The molecule has 0 spiro atoms. The van der Waals surface area contributed by atoms with E-state index in [4.69, 9.17) is 0 Å². The highest BCUT2D eigenvalue weighted by Gasteiger charge is 2.15. The monoisotopic (exact) mass is 190 g/mol. The Kier molecular flexibility index (Phi) is 3.52. The molecular weight excluding hydrogens is 172 g/mol. The van der Waals surface area contributed by atoms with Crippen molar-refractivity contribution in [2.75, 3.05) is 13.1 Å². The van der Waals surface area contributed by atoms with Crippen LogP contribution in [0, 0.1) is 5.92 Å². The first-order valence-corrected chi connectivity index (χ1v) is 5.55. The van der Waals surface area contributed by atoms with Gasteiger partial charge >= 0.3 is 0 Å². The van der Waals surface area contributed by atoms with Crippen molar-refractivity contribution in [3.63, 3.8) is 0 Å². The van der Waals surface area contributed by atoms with Gasteiger partial charge in [0.2, 0.25) is 0 Å². The summed E-state index contributed by atoms with van der Waals surface area (Å²) in [6.45, 7) is 2.29. The summed E-state index contributed by atoms with van der Waals surface area (Å²) in [6, 6.07) is 4.14. The predicted octanol–water partition coefficient (Wildman–Crippen LogP) is 2.01. The third kappa shape index (κ3) is 2.81. The zero-order chi connectivity index (χ0) is 9.64. The van der Waals surface area contributed by atoms with Gasteiger partial charge in [-0.15, -0.1) is 0 Å². The minimum Gasteiger partial charge on any atom is -0.316 e. The Morgan fingerprint density at radius 2 is 2.36 bits per heavy atom. The summed E-state index contributed by atoms with van der Waals surface area (Å²) in [6.07, 6.45) is 9.17. The van der Waals surface area contributed by atoms with Gasteiger partial charge in [-0.2, -0.15) is 0 Å². The molecule has 0 aliphatic heterocycles. The van der Waals surface area contributed by atoms with Gasteiger partial charge in [-0.1, -0.05) is 12.5 Å². The predicted molar refractivity (Wildman–Crippen MR) is 58.2 cm³/mol. The van der Waals surface area contributed by atoms with Gasteiger partial charge in [0.05, 0.1) is 0 Å². The van der Waals surface area contributed by atoms with Gasteiger partial charge in [0.1, 0.15) is 0 Å². The van der Waals surface area contributed by atoms with Crippen molar-refractivity contribution < 1.29 is 0 Å². The van der Waals surface area contributed by atoms with Crippen molar-refractivity contribution in [1.82, 2.24) is 10.3 Å². The second-order valence-electron chi connectivity index (χ2n) is 4.11. The van der Waals surface area contributed by atoms with Crippen LogP contribution >= 0.6 is 0 Å². The molecule has 76 valence electrons. The van der Waals surface area contributed by atoms with Gasteiger partial charge in [-0.05, 0) is 49.9 Å². The maximum atomic E-state index is 4.10. The quantitative estimate of drug-likeness (QED) is 0.718. The first-order valence-electron chi connectivity index (χ1n) is 5.55. The number of nitrogens with one attached hydrogen (secondary N) is 1. The van der Waals surface area contributed by atoms with Crippen molar-refractivity contribution >= 4 is 0 Å². The van der Waals surface area contributed by atoms with Crippen molar-refractivity contribution in [1.29, 1.82) is 0 Å². The number of nitrogens with zero attached hydrogens (tertiary/aromatic N) is 1. The van der Waals surface area contributed by atoms with Gasteiger partial charge in [-0.25, -0.2) is 0 Å². The number of aromatic nitrogens is 1. The zero-order valence-corrected chi connectivity index (χ0v) is 8.58. The van der Waals surface area contributed by atoms with E-state index in [9.17, 15) is 0 Å². The maximum Gasteiger partial charge on any atom is 0.0300 e. The topological polar surface area (TPSA) is 24.9 Å². The van der Waals surface area contributed by atoms with E-state index in [-0.39, 0.29) is 0 Å². The lowest BCUT2D eigenvalue weighted by Gasteiger charge is -2.25. The van der Waals surface area contributed by atoms with Crippen LogP contribution in [-0.4, -0.2) is 18.1 Å². The molecule has 2 nitrogen and oxygen atoms in total. The molecule has 0 unspecified atom stereocenters. The number of pyridine rings is 1. The molecule has 0 radical (unpaired) electrons. The largest absolute Gasteiger partial charge is 0.316 e. The molecule has 2 heteroatoms. The van der Waals surface area contributed by atoms with E-state index in [2.05, 4.69) is 16.4 Å². The number of rotatable bonds is 5. The normalized spacial score (nSPS) is 16.6. The van der Waals surface area contributed by atoms with Gasteiger partial charge < -0.3 is 5.32 Å². The van der Waals surface area contributed by atoms with Crippen LogP contribution in [-0.2, 0) is 6.42 Å². The van der Waals surface area contributed by atoms with Crippen LogP contribution in [0.4, 0.5) is 0 Å². The summed E-state index contributed by atoms with van der Waals surface area (Å²) < 4.78 is 0. The Balaban J connectivity index is 1.58. The van der Waals surface area contributed by atoms with E-state index < -0.39 is 0 Å². The lowest BCUT2D eigenvalue weighted by Crippen LogP contribution is -2.28. The van der Waals surface area contributed by atoms with Gasteiger partial charge in [0.25, 0.3) is 0 Å². The SMILES string of the molecule is c1cncc(CCNCC2CCC2)c1. The van der Waals surface area contributed by atoms with Gasteiger partial charge in [0.15, 0.2) is 0 Å². The Morgan fingerprint density at radius 1 is 1.43 bits per heavy atom. The van der Waals surface area contributed by atoms with Gasteiger partial charge in [0, 0.05) is 12.4 Å². The average Bonchev–Trinajstić information content (AvgIpc) is 2.16. The Hall–Kier alpha value is -0.890. The molecule has 1 aliphatic carbocycles. The summed E-state index contributed by atoms with van der Waals surface area (Å²) in [5, 5.41) is 3.51. The lowest BCUT2D eigenvalue weighted by atomic mass is 9.85. The average molecular weight is 190 g/mol. The molecule has 1 heterocycles. The Bertz CT molecular complexity index is 254. The Morgan fingerprint density at radius 3 is 3.00 bits per heavy atom. The van der Waals surface area contributed by atoms with Gasteiger partial charge in [-0.3, -0.25) is 4.98 Å². The standard InChI is InChI=1S/C12H18N2/c1-3-11(4-1)9-14-8-6-12-5-2-7-13-10-12/h2,5,7,10-11,14H,1,3-4,6,8-9H2. The highest BCUT2D eigenvalue weighted by atomic mass is 14.9. The van der Waals surface area contributed by atoms with Crippen LogP contribution in [0.2, 0.25) is 0 Å². The zero-order valence-electron chi connectivity index (χ0n) is 8.58. The van der Waals surface area contributed by atoms with E-state index in [1.165, 1.54) is 31.4 Å². The molecule has 0 atom stereocenters. The minimum absolute atomic E-state index is 0.962. The molecule has 0 bridgehead atoms. The number of hydrogen-bond donors (Lipinski definition) is 1. The molecule has 1 saturated carbocycles. The molecule has 14 heavy (non-hydrogen) atoms. The molecule has 0 saturated heterocycles. The molecule has 1 aromatic heterocycles. The molecule has 2 rings (SSSR count). The summed E-state index contributed by atoms with van der Waals surface area (Å²) in [5.74, 6) is 0.962. The van der Waals surface area contributed by atoms with Crippen LogP contribution < -0.4 is 5.32 Å². The molecule has 0 amide bonds. The molecule has 1 fully saturated rings. The number of hydrogen-bond acceptors (Lipinski definition) is 2. The highest BCUT2D eigenvalue weighted by Crippen LogP contribution is 2.24. The third-order valence-corrected chi connectivity index (χ3v) is 2.97. The second-order valence-corrected chi connectivity index (χ2v) is 4.11. The minimum atomic E-state index is 0.962. The molecule has 0 aromatic carbocycles. The highest BCUT2D eigenvalue weighted by molar-refractivity contribution is 5.08. The van der Waals surface area contributed by atoms with Crippen LogP contribution in [0.5, 0.6) is 0 Å². The van der Waals surface area contributed by atoms with E-state index >= 15 is 0 Å². The Labute approximate surface area is 85.7 Å². The van der Waals surface area contributed by atoms with Crippen molar-refractivity contribution in [2.24, 2.45) is 5.92 Å². The van der Waals surface area contributed by atoms with Crippen molar-refractivity contribution in [3.8, 4) is 0 Å². The second kappa shape index (κ2) is 5.11. The fraction of sp³-hybridized carbons (Fsp3) is 0.583. The summed E-state index contributed by atoms with van der Waals surface area (Å²) >= 11 is 0. The van der Waals surface area contributed by atoms with E-state index in [1.54, 1.807) is 0 Å². The van der Waals surface area contributed by atoms with Crippen LogP contribution in [0.1, 0.15) is 24.8 Å². The maximum absolute atomic E-state index is 4.10. The molecule has 1 aliphatic rings. The van der Waals surface area contributed by atoms with E-state index in [0.29, 0.717) is 0 Å². The van der Waals surface area contributed by atoms with Crippen LogP contribution in [0.3, 0.4) is 0 Å². The van der Waals surface area contributed by atoms with Crippen LogP contribution in [0.15, 0.2) is 24.5 Å². The first kappa shape index (κ1) is 9.66. The van der Waals surface area contributed by atoms with Crippen molar-refractivity contribution in [2.45, 2.75) is 25.7 Å². The van der Waals surface area contributed by atoms with E-state index in [0.717, 1.165) is 18.9 Å². The summed E-state index contributed by atoms with van der Waals surface area (Å²) in [4.78, 5) is 4.10. The molecule has 1 N–H and O–H groups in total. The van der Waals surface area contributed by atoms with E-state index in [1.807, 2.05) is 18.5 Å². The molecular formula is C12H18N2. The fourth-order valence-electron chi connectivity index (χ4n) is 1.78. The van der Waals surface area contributed by atoms with Crippen LogP contribution in [0.25, 0.3) is 0 Å². The lowest BCUT2D eigenvalue weighted by molar-refractivity contribution is 0.303. The summed E-state index contributed by atoms with van der Waals surface area (Å²) in [7, 11) is 0.